The molecule has 1 aromatic rings. The summed E-state index contributed by atoms with van der Waals surface area (Å²) in [4.78, 5) is 4.10. The van der Waals surface area contributed by atoms with Crippen LogP contribution in [0, 0.1) is 12.8 Å². The molecule has 0 bridgehead atoms. The summed E-state index contributed by atoms with van der Waals surface area (Å²) in [6, 6.07) is 2.11. The Labute approximate surface area is 97.2 Å². The summed E-state index contributed by atoms with van der Waals surface area (Å²) in [5.74, 6) is 0.721. The van der Waals surface area contributed by atoms with Gasteiger partial charge in [-0.05, 0) is 49.4 Å². The Morgan fingerprint density at radius 2 is 2.50 bits per heavy atom. The van der Waals surface area contributed by atoms with E-state index in [2.05, 4.69) is 23.3 Å². The fraction of sp³-hybridized carbons (Fsp3) is 0.615. The standard InChI is InChI=1S/C13H20N2O/c1-11-8-14-5-2-13(11)3-6-15-9-12-4-7-16-10-12/h2,5,8,12,15H,3-4,6-7,9-10H2,1H3. The maximum atomic E-state index is 5.34. The molecule has 0 aliphatic carbocycles. The summed E-state index contributed by atoms with van der Waals surface area (Å²) in [5.41, 5.74) is 2.68. The average molecular weight is 220 g/mol. The second kappa shape index (κ2) is 5.97. The van der Waals surface area contributed by atoms with Crippen LogP contribution in [0.2, 0.25) is 0 Å². The molecule has 1 fully saturated rings. The number of nitrogens with zero attached hydrogens (tertiary/aromatic N) is 1. The minimum absolute atomic E-state index is 0.721. The highest BCUT2D eigenvalue weighted by Gasteiger charge is 2.14. The third-order valence-corrected chi connectivity index (χ3v) is 3.16. The molecule has 88 valence electrons. The van der Waals surface area contributed by atoms with Crippen molar-refractivity contribution in [2.45, 2.75) is 19.8 Å². The fourth-order valence-electron chi connectivity index (χ4n) is 2.06. The van der Waals surface area contributed by atoms with E-state index < -0.39 is 0 Å². The number of aryl methyl sites for hydroxylation is 1. The molecular formula is C13H20N2O. The van der Waals surface area contributed by atoms with Gasteiger partial charge in [-0.1, -0.05) is 0 Å². The van der Waals surface area contributed by atoms with Gasteiger partial charge in [0, 0.05) is 25.5 Å². The lowest BCUT2D eigenvalue weighted by molar-refractivity contribution is 0.185. The van der Waals surface area contributed by atoms with Gasteiger partial charge in [-0.3, -0.25) is 4.98 Å². The number of nitrogens with one attached hydrogen (secondary N) is 1. The van der Waals surface area contributed by atoms with E-state index in [1.54, 1.807) is 0 Å². The van der Waals surface area contributed by atoms with Crippen LogP contribution in [0.25, 0.3) is 0 Å². The van der Waals surface area contributed by atoms with Crippen LogP contribution < -0.4 is 5.32 Å². The van der Waals surface area contributed by atoms with Crippen molar-refractivity contribution in [3.63, 3.8) is 0 Å². The van der Waals surface area contributed by atoms with E-state index in [9.17, 15) is 0 Å². The Balaban J connectivity index is 1.66. The molecule has 0 saturated carbocycles. The van der Waals surface area contributed by atoms with Crippen LogP contribution in [0.5, 0.6) is 0 Å². The number of rotatable bonds is 5. The molecule has 2 heterocycles. The molecule has 1 atom stereocenters. The molecule has 2 rings (SSSR count). The third kappa shape index (κ3) is 3.29. The van der Waals surface area contributed by atoms with Crippen molar-refractivity contribution in [1.82, 2.24) is 10.3 Å². The molecule has 1 unspecified atom stereocenters. The van der Waals surface area contributed by atoms with E-state index in [0.717, 1.165) is 38.6 Å². The molecule has 1 aliphatic rings. The molecule has 0 radical (unpaired) electrons. The van der Waals surface area contributed by atoms with E-state index >= 15 is 0 Å². The number of pyridine rings is 1. The Hall–Kier alpha value is -0.930. The van der Waals surface area contributed by atoms with Gasteiger partial charge in [0.1, 0.15) is 0 Å². The fourth-order valence-corrected chi connectivity index (χ4v) is 2.06. The van der Waals surface area contributed by atoms with Crippen LogP contribution in [0.1, 0.15) is 17.5 Å². The van der Waals surface area contributed by atoms with Crippen molar-refractivity contribution in [2.75, 3.05) is 26.3 Å². The minimum Gasteiger partial charge on any atom is -0.381 e. The molecular weight excluding hydrogens is 200 g/mol. The Bertz CT molecular complexity index is 321. The Morgan fingerprint density at radius 3 is 3.25 bits per heavy atom. The highest BCUT2D eigenvalue weighted by Crippen LogP contribution is 2.10. The Kier molecular flexibility index (Phi) is 4.31. The van der Waals surface area contributed by atoms with Crippen LogP contribution in [0.3, 0.4) is 0 Å². The molecule has 1 saturated heterocycles. The van der Waals surface area contributed by atoms with Gasteiger partial charge in [-0.2, -0.15) is 0 Å². The van der Waals surface area contributed by atoms with E-state index in [1.165, 1.54) is 17.5 Å². The summed E-state index contributed by atoms with van der Waals surface area (Å²) >= 11 is 0. The van der Waals surface area contributed by atoms with Crippen LogP contribution >= 0.6 is 0 Å². The molecule has 0 amide bonds. The highest BCUT2D eigenvalue weighted by atomic mass is 16.5. The van der Waals surface area contributed by atoms with Gasteiger partial charge >= 0.3 is 0 Å². The molecule has 3 nitrogen and oxygen atoms in total. The highest BCUT2D eigenvalue weighted by molar-refractivity contribution is 5.21. The molecule has 0 aromatic carbocycles. The van der Waals surface area contributed by atoms with Gasteiger partial charge < -0.3 is 10.1 Å². The van der Waals surface area contributed by atoms with Crippen molar-refractivity contribution in [1.29, 1.82) is 0 Å². The topological polar surface area (TPSA) is 34.2 Å². The van der Waals surface area contributed by atoms with Crippen molar-refractivity contribution in [3.05, 3.63) is 29.6 Å². The van der Waals surface area contributed by atoms with Gasteiger partial charge in [-0.15, -0.1) is 0 Å². The summed E-state index contributed by atoms with van der Waals surface area (Å²) in [7, 11) is 0. The monoisotopic (exact) mass is 220 g/mol. The number of hydrogen-bond donors (Lipinski definition) is 1. The summed E-state index contributed by atoms with van der Waals surface area (Å²) in [5, 5.41) is 3.50. The maximum Gasteiger partial charge on any atom is 0.0507 e. The molecule has 16 heavy (non-hydrogen) atoms. The van der Waals surface area contributed by atoms with Gasteiger partial charge in [0.25, 0.3) is 0 Å². The van der Waals surface area contributed by atoms with Gasteiger partial charge in [0.15, 0.2) is 0 Å². The van der Waals surface area contributed by atoms with Gasteiger partial charge in [0.2, 0.25) is 0 Å². The molecule has 0 spiro atoms. The van der Waals surface area contributed by atoms with E-state index in [-0.39, 0.29) is 0 Å². The Morgan fingerprint density at radius 1 is 1.56 bits per heavy atom. The lowest BCUT2D eigenvalue weighted by Gasteiger charge is -2.10. The average Bonchev–Trinajstić information content (AvgIpc) is 2.79. The van der Waals surface area contributed by atoms with Gasteiger partial charge in [-0.25, -0.2) is 0 Å². The van der Waals surface area contributed by atoms with Crippen molar-refractivity contribution in [2.24, 2.45) is 5.92 Å². The van der Waals surface area contributed by atoms with Crippen LogP contribution in [0.4, 0.5) is 0 Å². The number of ether oxygens (including phenoxy) is 1. The third-order valence-electron chi connectivity index (χ3n) is 3.16. The van der Waals surface area contributed by atoms with Gasteiger partial charge in [0.05, 0.1) is 6.61 Å². The smallest absolute Gasteiger partial charge is 0.0507 e. The normalized spacial score (nSPS) is 20.2. The second-order valence-corrected chi connectivity index (χ2v) is 4.49. The van der Waals surface area contributed by atoms with Crippen LogP contribution in [-0.2, 0) is 11.2 Å². The summed E-state index contributed by atoms with van der Waals surface area (Å²) in [6.07, 6.45) is 6.09. The van der Waals surface area contributed by atoms with Crippen LogP contribution in [-0.4, -0.2) is 31.3 Å². The van der Waals surface area contributed by atoms with Crippen molar-refractivity contribution >= 4 is 0 Å². The largest absolute Gasteiger partial charge is 0.381 e. The summed E-state index contributed by atoms with van der Waals surface area (Å²) in [6.45, 7) is 6.12. The summed E-state index contributed by atoms with van der Waals surface area (Å²) < 4.78 is 5.34. The lowest BCUT2D eigenvalue weighted by atomic mass is 10.1. The van der Waals surface area contributed by atoms with Crippen molar-refractivity contribution < 1.29 is 4.74 Å². The SMILES string of the molecule is Cc1cnccc1CCNCC1CCOC1. The minimum atomic E-state index is 0.721. The zero-order valence-electron chi connectivity index (χ0n) is 9.91. The molecule has 1 aromatic heterocycles. The first-order chi connectivity index (χ1) is 7.86. The quantitative estimate of drug-likeness (QED) is 0.765. The second-order valence-electron chi connectivity index (χ2n) is 4.49. The molecule has 1 N–H and O–H groups in total. The van der Waals surface area contributed by atoms with E-state index in [1.807, 2.05) is 12.4 Å². The number of aromatic nitrogens is 1. The first-order valence-electron chi connectivity index (χ1n) is 6.04. The predicted octanol–water partition coefficient (Wildman–Crippen LogP) is 1.56. The molecule has 1 aliphatic heterocycles. The zero-order valence-corrected chi connectivity index (χ0v) is 9.91. The predicted molar refractivity (Wildman–Crippen MR) is 64.5 cm³/mol. The first-order valence-corrected chi connectivity index (χ1v) is 6.04. The zero-order chi connectivity index (χ0) is 11.2. The maximum absolute atomic E-state index is 5.34. The molecule has 3 heteroatoms. The van der Waals surface area contributed by atoms with Crippen molar-refractivity contribution in [3.8, 4) is 0 Å². The first kappa shape index (κ1) is 11.6. The lowest BCUT2D eigenvalue weighted by Crippen LogP contribution is -2.25. The number of hydrogen-bond acceptors (Lipinski definition) is 3. The van der Waals surface area contributed by atoms with E-state index in [4.69, 9.17) is 4.74 Å². The van der Waals surface area contributed by atoms with E-state index in [0.29, 0.717) is 0 Å². The van der Waals surface area contributed by atoms with Crippen LogP contribution in [0.15, 0.2) is 18.5 Å².